The van der Waals surface area contributed by atoms with Crippen LogP contribution in [0.4, 0.5) is 6.01 Å². The van der Waals surface area contributed by atoms with Gasteiger partial charge in [0.1, 0.15) is 6.04 Å². The van der Waals surface area contributed by atoms with E-state index in [2.05, 4.69) is 20.8 Å². The lowest BCUT2D eigenvalue weighted by atomic mass is 10.2. The predicted molar refractivity (Wildman–Crippen MR) is 60.0 cm³/mol. The number of rotatable bonds is 5. The Morgan fingerprint density at radius 1 is 1.44 bits per heavy atom. The standard InChI is InChI=1S/C10H18N4O2/c1-6(2)5-11-9(15)7(3)12-10-13-8(4)14-16-10/h6-7H,5H2,1-4H3,(H,11,15)(H,12,13,14). The number of aromatic nitrogens is 2. The van der Waals surface area contributed by atoms with Crippen molar-refractivity contribution in [3.05, 3.63) is 5.82 Å². The van der Waals surface area contributed by atoms with Crippen LogP contribution in [0.25, 0.3) is 0 Å². The molecule has 0 fully saturated rings. The molecule has 16 heavy (non-hydrogen) atoms. The Morgan fingerprint density at radius 2 is 2.12 bits per heavy atom. The predicted octanol–water partition coefficient (Wildman–Crippen LogP) is 0.951. The zero-order valence-corrected chi connectivity index (χ0v) is 10.1. The minimum absolute atomic E-state index is 0.0791. The first kappa shape index (κ1) is 12.5. The fraction of sp³-hybridized carbons (Fsp3) is 0.700. The van der Waals surface area contributed by atoms with Crippen molar-refractivity contribution >= 4 is 11.9 Å². The molecule has 0 aliphatic heterocycles. The third-order valence-electron chi connectivity index (χ3n) is 1.95. The van der Waals surface area contributed by atoms with Crippen molar-refractivity contribution in [2.45, 2.75) is 33.7 Å². The Kier molecular flexibility index (Phi) is 4.28. The van der Waals surface area contributed by atoms with Gasteiger partial charge in [0.25, 0.3) is 0 Å². The molecule has 1 amide bonds. The second-order valence-electron chi connectivity index (χ2n) is 4.15. The fourth-order valence-electron chi connectivity index (χ4n) is 1.06. The summed E-state index contributed by atoms with van der Waals surface area (Å²) >= 11 is 0. The Morgan fingerprint density at radius 3 is 2.62 bits per heavy atom. The molecule has 0 bridgehead atoms. The van der Waals surface area contributed by atoms with Gasteiger partial charge in [0.15, 0.2) is 5.82 Å². The number of nitrogens with one attached hydrogen (secondary N) is 2. The highest BCUT2D eigenvalue weighted by Gasteiger charge is 2.15. The number of hydrogen-bond donors (Lipinski definition) is 2. The highest BCUT2D eigenvalue weighted by Crippen LogP contribution is 2.04. The van der Waals surface area contributed by atoms with Gasteiger partial charge in [0.05, 0.1) is 0 Å². The highest BCUT2D eigenvalue weighted by molar-refractivity contribution is 5.83. The van der Waals surface area contributed by atoms with E-state index in [0.717, 1.165) is 0 Å². The van der Waals surface area contributed by atoms with E-state index in [1.807, 2.05) is 13.8 Å². The third-order valence-corrected chi connectivity index (χ3v) is 1.95. The van der Waals surface area contributed by atoms with Gasteiger partial charge in [0, 0.05) is 6.54 Å². The van der Waals surface area contributed by atoms with Gasteiger partial charge >= 0.3 is 6.01 Å². The summed E-state index contributed by atoms with van der Waals surface area (Å²) in [5.74, 6) is 0.892. The average molecular weight is 226 g/mol. The van der Waals surface area contributed by atoms with E-state index in [1.54, 1.807) is 13.8 Å². The summed E-state index contributed by atoms with van der Waals surface area (Å²) in [6.07, 6.45) is 0. The van der Waals surface area contributed by atoms with Crippen LogP contribution in [-0.4, -0.2) is 28.6 Å². The van der Waals surface area contributed by atoms with Crippen LogP contribution in [0.3, 0.4) is 0 Å². The van der Waals surface area contributed by atoms with Gasteiger partial charge in [-0.25, -0.2) is 0 Å². The number of amides is 1. The zero-order valence-electron chi connectivity index (χ0n) is 10.1. The summed E-state index contributed by atoms with van der Waals surface area (Å²) in [7, 11) is 0. The van der Waals surface area contributed by atoms with Gasteiger partial charge in [-0.1, -0.05) is 19.0 Å². The van der Waals surface area contributed by atoms with Crippen molar-refractivity contribution in [2.75, 3.05) is 11.9 Å². The molecule has 1 atom stereocenters. The molecule has 90 valence electrons. The van der Waals surface area contributed by atoms with Crippen molar-refractivity contribution in [3.63, 3.8) is 0 Å². The Hall–Kier alpha value is -1.59. The van der Waals surface area contributed by atoms with Crippen LogP contribution >= 0.6 is 0 Å². The minimum Gasteiger partial charge on any atom is -0.354 e. The molecule has 1 heterocycles. The summed E-state index contributed by atoms with van der Waals surface area (Å²) in [4.78, 5) is 15.6. The lowest BCUT2D eigenvalue weighted by Crippen LogP contribution is -2.39. The smallest absolute Gasteiger partial charge is 0.322 e. The van der Waals surface area contributed by atoms with E-state index in [-0.39, 0.29) is 11.9 Å². The maximum atomic E-state index is 11.6. The lowest BCUT2D eigenvalue weighted by Gasteiger charge is -2.13. The Balaban J connectivity index is 2.39. The van der Waals surface area contributed by atoms with Gasteiger partial charge in [-0.05, 0) is 19.8 Å². The molecular formula is C10H18N4O2. The molecule has 0 saturated carbocycles. The normalized spacial score (nSPS) is 12.6. The van der Waals surface area contributed by atoms with Gasteiger partial charge in [-0.15, -0.1) is 0 Å². The molecule has 2 N–H and O–H groups in total. The molecule has 1 aromatic rings. The summed E-state index contributed by atoms with van der Waals surface area (Å²) in [6.45, 7) is 8.21. The molecule has 0 aliphatic carbocycles. The number of anilines is 1. The summed E-state index contributed by atoms with van der Waals surface area (Å²) in [5.41, 5.74) is 0. The SMILES string of the molecule is Cc1noc(NC(C)C(=O)NCC(C)C)n1. The first-order valence-corrected chi connectivity index (χ1v) is 5.33. The molecule has 1 rings (SSSR count). The first-order valence-electron chi connectivity index (χ1n) is 5.33. The van der Waals surface area contributed by atoms with Crippen LogP contribution in [0.1, 0.15) is 26.6 Å². The summed E-state index contributed by atoms with van der Waals surface area (Å²) in [6, 6.07) is -0.122. The van der Waals surface area contributed by atoms with E-state index in [0.29, 0.717) is 18.3 Å². The van der Waals surface area contributed by atoms with Gasteiger partial charge < -0.3 is 15.2 Å². The molecule has 6 nitrogen and oxygen atoms in total. The number of carbonyl (C=O) groups is 1. The van der Waals surface area contributed by atoms with Crippen LogP contribution in [0.5, 0.6) is 0 Å². The van der Waals surface area contributed by atoms with Gasteiger partial charge in [-0.3, -0.25) is 4.79 Å². The van der Waals surface area contributed by atoms with E-state index in [4.69, 9.17) is 4.52 Å². The van der Waals surface area contributed by atoms with E-state index >= 15 is 0 Å². The average Bonchev–Trinajstić information content (AvgIpc) is 2.60. The topological polar surface area (TPSA) is 80.0 Å². The van der Waals surface area contributed by atoms with Crippen LogP contribution < -0.4 is 10.6 Å². The molecule has 0 radical (unpaired) electrons. The lowest BCUT2D eigenvalue weighted by molar-refractivity contribution is -0.121. The quantitative estimate of drug-likeness (QED) is 0.781. The van der Waals surface area contributed by atoms with Crippen molar-refractivity contribution in [2.24, 2.45) is 5.92 Å². The molecule has 1 unspecified atom stereocenters. The van der Waals surface area contributed by atoms with E-state index in [9.17, 15) is 4.79 Å². The van der Waals surface area contributed by atoms with Crippen molar-refractivity contribution in [3.8, 4) is 0 Å². The fourth-order valence-corrected chi connectivity index (χ4v) is 1.06. The largest absolute Gasteiger partial charge is 0.354 e. The highest BCUT2D eigenvalue weighted by atomic mass is 16.5. The number of hydrogen-bond acceptors (Lipinski definition) is 5. The maximum Gasteiger partial charge on any atom is 0.322 e. The van der Waals surface area contributed by atoms with Crippen molar-refractivity contribution in [1.82, 2.24) is 15.5 Å². The maximum absolute atomic E-state index is 11.6. The third kappa shape index (κ3) is 3.88. The minimum atomic E-state index is -0.390. The van der Waals surface area contributed by atoms with Crippen LogP contribution in [0.15, 0.2) is 4.52 Å². The summed E-state index contributed by atoms with van der Waals surface area (Å²) < 4.78 is 4.86. The molecule has 1 aromatic heterocycles. The Labute approximate surface area is 94.8 Å². The summed E-state index contributed by atoms with van der Waals surface area (Å²) in [5, 5.41) is 9.27. The molecular weight excluding hydrogens is 208 g/mol. The van der Waals surface area contributed by atoms with Gasteiger partial charge in [-0.2, -0.15) is 4.98 Å². The number of carbonyl (C=O) groups excluding carboxylic acids is 1. The van der Waals surface area contributed by atoms with E-state index < -0.39 is 6.04 Å². The van der Waals surface area contributed by atoms with Gasteiger partial charge in [0.2, 0.25) is 5.91 Å². The first-order chi connectivity index (χ1) is 7.49. The second kappa shape index (κ2) is 5.48. The molecule has 6 heteroatoms. The van der Waals surface area contributed by atoms with E-state index in [1.165, 1.54) is 0 Å². The zero-order chi connectivity index (χ0) is 12.1. The van der Waals surface area contributed by atoms with Crippen LogP contribution in [0, 0.1) is 12.8 Å². The Bertz CT molecular complexity index is 348. The number of aryl methyl sites for hydroxylation is 1. The molecule has 0 aromatic carbocycles. The number of nitrogens with zero attached hydrogens (tertiary/aromatic N) is 2. The van der Waals surface area contributed by atoms with Crippen molar-refractivity contribution < 1.29 is 9.32 Å². The second-order valence-corrected chi connectivity index (χ2v) is 4.15. The molecule has 0 saturated heterocycles. The molecule has 0 spiro atoms. The molecule has 0 aliphatic rings. The van der Waals surface area contributed by atoms with Crippen LogP contribution in [-0.2, 0) is 4.79 Å². The van der Waals surface area contributed by atoms with Crippen LogP contribution in [0.2, 0.25) is 0 Å². The van der Waals surface area contributed by atoms with Crippen molar-refractivity contribution in [1.29, 1.82) is 0 Å². The monoisotopic (exact) mass is 226 g/mol.